The maximum absolute atomic E-state index is 3.56. The molecule has 0 aromatic heterocycles. The van der Waals surface area contributed by atoms with Gasteiger partial charge in [0, 0.05) is 19.5 Å². The van der Waals surface area contributed by atoms with E-state index in [0.29, 0.717) is 0 Å². The van der Waals surface area contributed by atoms with Crippen molar-refractivity contribution in [1.82, 2.24) is 4.90 Å². The second-order valence-electron chi connectivity index (χ2n) is 3.26. The molecular weight excluding hydrogens is 146 g/mol. The minimum atomic E-state index is 0.905. The van der Waals surface area contributed by atoms with Crippen LogP contribution in [0.2, 0.25) is 0 Å². The summed E-state index contributed by atoms with van der Waals surface area (Å²) in [5.74, 6) is 5.95. The largest absolute Gasteiger partial charge is 0.298 e. The van der Waals surface area contributed by atoms with Crippen molar-refractivity contribution in [1.29, 1.82) is 0 Å². The van der Waals surface area contributed by atoms with Gasteiger partial charge in [0.25, 0.3) is 0 Å². The Balaban J connectivity index is 2.52. The Morgan fingerprint density at radius 1 is 1.58 bits per heavy atom. The Bertz CT molecular complexity index is 262. The molecule has 1 aliphatic heterocycles. The maximum Gasteiger partial charge on any atom is 0.0318 e. The third-order valence-electron chi connectivity index (χ3n) is 2.08. The molecule has 0 radical (unpaired) electrons. The van der Waals surface area contributed by atoms with Gasteiger partial charge in [-0.25, -0.2) is 0 Å². The summed E-state index contributed by atoms with van der Waals surface area (Å²) in [6, 6.07) is 0. The molecule has 1 nitrogen and oxygen atoms in total. The molecule has 0 saturated carbocycles. The predicted molar refractivity (Wildman–Crippen MR) is 52.8 cm³/mol. The van der Waals surface area contributed by atoms with Gasteiger partial charge in [-0.15, -0.1) is 0 Å². The Hall–Kier alpha value is -1.00. The first-order valence-corrected chi connectivity index (χ1v) is 4.19. The third kappa shape index (κ3) is 2.25. The first-order chi connectivity index (χ1) is 5.74. The normalized spacial score (nSPS) is 17.5. The summed E-state index contributed by atoms with van der Waals surface area (Å²) in [7, 11) is 2.14. The van der Waals surface area contributed by atoms with Crippen LogP contribution >= 0.6 is 0 Å². The molecule has 12 heavy (non-hydrogen) atoms. The van der Waals surface area contributed by atoms with Gasteiger partial charge in [-0.3, -0.25) is 4.90 Å². The minimum Gasteiger partial charge on any atom is -0.298 e. The van der Waals surface area contributed by atoms with Crippen molar-refractivity contribution in [3.8, 4) is 11.8 Å². The van der Waals surface area contributed by atoms with E-state index in [4.69, 9.17) is 0 Å². The van der Waals surface area contributed by atoms with Crippen LogP contribution in [0.1, 0.15) is 13.3 Å². The van der Waals surface area contributed by atoms with Crippen molar-refractivity contribution in [3.05, 3.63) is 23.8 Å². The molecule has 0 amide bonds. The van der Waals surface area contributed by atoms with E-state index < -0.39 is 0 Å². The van der Waals surface area contributed by atoms with Crippen LogP contribution in [0.25, 0.3) is 0 Å². The number of allylic oxidation sites excluding steroid dienone is 1. The van der Waals surface area contributed by atoms with E-state index in [1.807, 2.05) is 0 Å². The monoisotopic (exact) mass is 161 g/mol. The van der Waals surface area contributed by atoms with Gasteiger partial charge in [-0.1, -0.05) is 24.0 Å². The molecule has 0 aliphatic carbocycles. The summed E-state index contributed by atoms with van der Waals surface area (Å²) in [6.45, 7) is 7.93. The molecule has 0 aromatic carbocycles. The molecule has 0 fully saturated rings. The SMILES string of the molecule is C=CC#CCC1=C(C)CN(C)C1. The molecule has 64 valence electrons. The zero-order chi connectivity index (χ0) is 8.97. The highest BCUT2D eigenvalue weighted by atomic mass is 15.1. The van der Waals surface area contributed by atoms with Crippen LogP contribution < -0.4 is 0 Å². The van der Waals surface area contributed by atoms with Crippen LogP contribution in [-0.2, 0) is 0 Å². The van der Waals surface area contributed by atoms with E-state index in [-0.39, 0.29) is 0 Å². The topological polar surface area (TPSA) is 3.24 Å². The average molecular weight is 161 g/mol. The fraction of sp³-hybridized carbons (Fsp3) is 0.455. The van der Waals surface area contributed by atoms with E-state index in [1.54, 1.807) is 6.08 Å². The van der Waals surface area contributed by atoms with Gasteiger partial charge in [0.15, 0.2) is 0 Å². The van der Waals surface area contributed by atoms with E-state index in [0.717, 1.165) is 19.5 Å². The Morgan fingerprint density at radius 3 is 2.83 bits per heavy atom. The van der Waals surface area contributed by atoms with Crippen molar-refractivity contribution in [2.45, 2.75) is 13.3 Å². The van der Waals surface area contributed by atoms with Crippen molar-refractivity contribution >= 4 is 0 Å². The van der Waals surface area contributed by atoms with Crippen LogP contribution in [0.4, 0.5) is 0 Å². The highest BCUT2D eigenvalue weighted by Gasteiger charge is 2.13. The average Bonchev–Trinajstić information content (AvgIpc) is 2.31. The van der Waals surface area contributed by atoms with Crippen LogP contribution in [0.15, 0.2) is 23.8 Å². The number of hydrogen-bond acceptors (Lipinski definition) is 1. The van der Waals surface area contributed by atoms with Gasteiger partial charge in [0.2, 0.25) is 0 Å². The predicted octanol–water partition coefficient (Wildman–Crippen LogP) is 1.83. The zero-order valence-electron chi connectivity index (χ0n) is 7.85. The molecule has 0 bridgehead atoms. The molecule has 0 spiro atoms. The van der Waals surface area contributed by atoms with Gasteiger partial charge in [0.1, 0.15) is 0 Å². The lowest BCUT2D eigenvalue weighted by atomic mass is 10.1. The first-order valence-electron chi connectivity index (χ1n) is 4.19. The van der Waals surface area contributed by atoms with Crippen LogP contribution in [0.3, 0.4) is 0 Å². The van der Waals surface area contributed by atoms with E-state index in [2.05, 4.69) is 37.3 Å². The van der Waals surface area contributed by atoms with Gasteiger partial charge >= 0.3 is 0 Å². The number of rotatable bonds is 1. The highest BCUT2D eigenvalue weighted by molar-refractivity contribution is 5.27. The van der Waals surface area contributed by atoms with Crippen molar-refractivity contribution < 1.29 is 0 Å². The van der Waals surface area contributed by atoms with Gasteiger partial charge in [-0.05, 0) is 25.6 Å². The molecule has 1 heterocycles. The van der Waals surface area contributed by atoms with Gasteiger partial charge in [0.05, 0.1) is 0 Å². The summed E-state index contributed by atoms with van der Waals surface area (Å²) in [5.41, 5.74) is 2.96. The molecule has 1 heteroatoms. The van der Waals surface area contributed by atoms with E-state index >= 15 is 0 Å². The van der Waals surface area contributed by atoms with Crippen LogP contribution in [0, 0.1) is 11.8 Å². The Morgan fingerprint density at radius 2 is 2.33 bits per heavy atom. The molecule has 0 atom stereocenters. The summed E-state index contributed by atoms with van der Waals surface area (Å²) in [4.78, 5) is 2.31. The van der Waals surface area contributed by atoms with Gasteiger partial charge < -0.3 is 0 Å². The summed E-state index contributed by atoms with van der Waals surface area (Å²) < 4.78 is 0. The lowest BCUT2D eigenvalue weighted by Crippen LogP contribution is -2.14. The van der Waals surface area contributed by atoms with Gasteiger partial charge in [-0.2, -0.15) is 0 Å². The third-order valence-corrected chi connectivity index (χ3v) is 2.08. The second kappa shape index (κ2) is 4.13. The van der Waals surface area contributed by atoms with Crippen LogP contribution in [-0.4, -0.2) is 25.0 Å². The van der Waals surface area contributed by atoms with Crippen molar-refractivity contribution in [2.75, 3.05) is 20.1 Å². The highest BCUT2D eigenvalue weighted by Crippen LogP contribution is 2.17. The lowest BCUT2D eigenvalue weighted by Gasteiger charge is -2.05. The van der Waals surface area contributed by atoms with Crippen molar-refractivity contribution in [3.63, 3.8) is 0 Å². The quantitative estimate of drug-likeness (QED) is 0.419. The maximum atomic E-state index is 3.56. The number of nitrogens with zero attached hydrogens (tertiary/aromatic N) is 1. The summed E-state index contributed by atoms with van der Waals surface area (Å²) in [5, 5.41) is 0. The summed E-state index contributed by atoms with van der Waals surface area (Å²) >= 11 is 0. The molecule has 0 unspecified atom stereocenters. The Labute approximate surface area is 74.8 Å². The number of hydrogen-bond donors (Lipinski definition) is 0. The van der Waals surface area contributed by atoms with Crippen molar-refractivity contribution in [2.24, 2.45) is 0 Å². The molecule has 0 saturated heterocycles. The standard InChI is InChI=1S/C11H15N/c1-4-5-6-7-11-9-12(3)8-10(11)2/h4H,1,7-9H2,2-3H3. The number of likely N-dealkylation sites (N-methyl/N-ethyl adjacent to an activating group) is 1. The lowest BCUT2D eigenvalue weighted by molar-refractivity contribution is 0.423. The first kappa shape index (κ1) is 9.09. The van der Waals surface area contributed by atoms with Crippen LogP contribution in [0.5, 0.6) is 0 Å². The smallest absolute Gasteiger partial charge is 0.0318 e. The molecular formula is C11H15N. The Kier molecular flexibility index (Phi) is 3.13. The molecule has 0 aromatic rings. The fourth-order valence-corrected chi connectivity index (χ4v) is 1.47. The second-order valence-corrected chi connectivity index (χ2v) is 3.26. The zero-order valence-corrected chi connectivity index (χ0v) is 7.85. The molecule has 1 rings (SSSR count). The summed E-state index contributed by atoms with van der Waals surface area (Å²) in [6.07, 6.45) is 2.55. The van der Waals surface area contributed by atoms with E-state index in [1.165, 1.54) is 11.1 Å². The van der Waals surface area contributed by atoms with E-state index in [9.17, 15) is 0 Å². The fourth-order valence-electron chi connectivity index (χ4n) is 1.47. The molecule has 0 N–H and O–H groups in total. The molecule has 1 aliphatic rings. The minimum absolute atomic E-state index is 0.905.